The first-order valence-corrected chi connectivity index (χ1v) is 10.0. The van der Waals surface area contributed by atoms with E-state index in [0.717, 1.165) is 37.2 Å². The summed E-state index contributed by atoms with van der Waals surface area (Å²) in [6.45, 7) is 1.10. The first kappa shape index (κ1) is 17.0. The van der Waals surface area contributed by atoms with Gasteiger partial charge < -0.3 is 4.74 Å². The lowest BCUT2D eigenvalue weighted by Gasteiger charge is -2.18. The lowest BCUT2D eigenvalue weighted by atomic mass is 10.0. The van der Waals surface area contributed by atoms with Crippen molar-refractivity contribution in [3.8, 4) is 5.75 Å². The minimum absolute atomic E-state index is 0.149. The molecule has 2 aromatic carbocycles. The highest BCUT2D eigenvalue weighted by Gasteiger charge is 2.13. The van der Waals surface area contributed by atoms with E-state index in [-0.39, 0.29) is 5.75 Å². The SMILES string of the molecule is O=S(=O)(CCCc1ccccc1)NCc1ccc2c(c1)CCCO2. The van der Waals surface area contributed by atoms with Crippen LogP contribution in [0.3, 0.4) is 0 Å². The van der Waals surface area contributed by atoms with Gasteiger partial charge in [-0.1, -0.05) is 42.5 Å². The number of fused-ring (bicyclic) bond motifs is 1. The van der Waals surface area contributed by atoms with E-state index in [9.17, 15) is 8.42 Å². The molecule has 1 N–H and O–H groups in total. The highest BCUT2D eigenvalue weighted by atomic mass is 32.2. The summed E-state index contributed by atoms with van der Waals surface area (Å²) in [5, 5.41) is 0. The third-order valence-electron chi connectivity index (χ3n) is 4.19. The highest BCUT2D eigenvalue weighted by Crippen LogP contribution is 2.25. The molecule has 1 aliphatic rings. The van der Waals surface area contributed by atoms with Crippen LogP contribution in [0.4, 0.5) is 0 Å². The number of nitrogens with one attached hydrogen (secondary N) is 1. The Bertz CT molecular complexity index is 772. The molecule has 3 rings (SSSR count). The van der Waals surface area contributed by atoms with Gasteiger partial charge in [0.05, 0.1) is 12.4 Å². The quantitative estimate of drug-likeness (QED) is 0.839. The summed E-state index contributed by atoms with van der Waals surface area (Å²) in [7, 11) is -3.25. The molecule has 4 nitrogen and oxygen atoms in total. The molecule has 0 saturated heterocycles. The zero-order valence-electron chi connectivity index (χ0n) is 13.7. The fourth-order valence-corrected chi connectivity index (χ4v) is 3.96. The Morgan fingerprint density at radius 1 is 1.04 bits per heavy atom. The highest BCUT2D eigenvalue weighted by molar-refractivity contribution is 7.89. The Morgan fingerprint density at radius 2 is 1.88 bits per heavy atom. The predicted octanol–water partition coefficient (Wildman–Crippen LogP) is 3.06. The molecule has 0 fully saturated rings. The average molecular weight is 345 g/mol. The predicted molar refractivity (Wildman–Crippen MR) is 95.6 cm³/mol. The van der Waals surface area contributed by atoms with Crippen LogP contribution in [0.5, 0.6) is 5.75 Å². The van der Waals surface area contributed by atoms with Crippen molar-refractivity contribution < 1.29 is 13.2 Å². The lowest BCUT2D eigenvalue weighted by molar-refractivity contribution is 0.288. The minimum atomic E-state index is -3.25. The molecule has 5 heteroatoms. The van der Waals surface area contributed by atoms with E-state index in [1.807, 2.05) is 48.5 Å². The summed E-state index contributed by atoms with van der Waals surface area (Å²) >= 11 is 0. The number of sulfonamides is 1. The maximum absolute atomic E-state index is 12.1. The van der Waals surface area contributed by atoms with Gasteiger partial charge in [-0.05, 0) is 48.4 Å². The van der Waals surface area contributed by atoms with Crippen molar-refractivity contribution in [1.29, 1.82) is 0 Å². The molecule has 0 saturated carbocycles. The van der Waals surface area contributed by atoms with Crippen LogP contribution in [0.25, 0.3) is 0 Å². The first-order valence-electron chi connectivity index (χ1n) is 8.38. The number of ether oxygens (including phenoxy) is 1. The second kappa shape index (κ2) is 7.81. The summed E-state index contributed by atoms with van der Waals surface area (Å²) in [4.78, 5) is 0. The van der Waals surface area contributed by atoms with Crippen LogP contribution in [0, 0.1) is 0 Å². The van der Waals surface area contributed by atoms with E-state index in [4.69, 9.17) is 4.74 Å². The van der Waals surface area contributed by atoms with Crippen LogP contribution in [0.1, 0.15) is 29.5 Å². The Labute approximate surface area is 143 Å². The molecule has 0 aromatic heterocycles. The lowest BCUT2D eigenvalue weighted by Crippen LogP contribution is -2.26. The molecule has 2 aromatic rings. The molecule has 0 radical (unpaired) electrons. The zero-order valence-corrected chi connectivity index (χ0v) is 14.5. The van der Waals surface area contributed by atoms with E-state index < -0.39 is 10.0 Å². The van der Waals surface area contributed by atoms with Gasteiger partial charge in [0.1, 0.15) is 5.75 Å². The van der Waals surface area contributed by atoms with Gasteiger partial charge >= 0.3 is 0 Å². The maximum Gasteiger partial charge on any atom is 0.211 e. The number of hydrogen-bond acceptors (Lipinski definition) is 3. The Hall–Kier alpha value is -1.85. The Kier molecular flexibility index (Phi) is 5.53. The van der Waals surface area contributed by atoms with Gasteiger partial charge in [0.25, 0.3) is 0 Å². The number of benzene rings is 2. The van der Waals surface area contributed by atoms with Crippen LogP contribution in [0.2, 0.25) is 0 Å². The van der Waals surface area contributed by atoms with Gasteiger partial charge in [-0.25, -0.2) is 13.1 Å². The van der Waals surface area contributed by atoms with Crippen molar-refractivity contribution in [1.82, 2.24) is 4.72 Å². The number of aryl methyl sites for hydroxylation is 2. The van der Waals surface area contributed by atoms with Gasteiger partial charge in [0, 0.05) is 6.54 Å². The van der Waals surface area contributed by atoms with Crippen molar-refractivity contribution in [2.45, 2.75) is 32.2 Å². The van der Waals surface area contributed by atoms with E-state index in [0.29, 0.717) is 13.0 Å². The molecule has 0 spiro atoms. The van der Waals surface area contributed by atoms with Crippen LogP contribution in [0.15, 0.2) is 48.5 Å². The van der Waals surface area contributed by atoms with Crippen molar-refractivity contribution in [2.24, 2.45) is 0 Å². The van der Waals surface area contributed by atoms with E-state index >= 15 is 0 Å². The standard InChI is InChI=1S/C19H23NO3S/c21-24(22,13-5-8-16-6-2-1-3-7-16)20-15-17-10-11-19-18(14-17)9-4-12-23-19/h1-3,6-7,10-11,14,20H,4-5,8-9,12-13,15H2. The summed E-state index contributed by atoms with van der Waals surface area (Å²) < 4.78 is 32.6. The van der Waals surface area contributed by atoms with E-state index in [2.05, 4.69) is 4.72 Å². The molecule has 0 bridgehead atoms. The van der Waals surface area contributed by atoms with Gasteiger partial charge in [-0.2, -0.15) is 0 Å². The monoisotopic (exact) mass is 345 g/mol. The summed E-state index contributed by atoms with van der Waals surface area (Å²) in [5.41, 5.74) is 3.32. The van der Waals surface area contributed by atoms with Crippen LogP contribution in [-0.4, -0.2) is 20.8 Å². The molecular weight excluding hydrogens is 322 g/mol. The van der Waals surface area contributed by atoms with Crippen LogP contribution >= 0.6 is 0 Å². The molecule has 0 amide bonds. The molecule has 1 aliphatic heterocycles. The van der Waals surface area contributed by atoms with Gasteiger partial charge in [0.2, 0.25) is 10.0 Å². The van der Waals surface area contributed by atoms with Gasteiger partial charge in [-0.15, -0.1) is 0 Å². The topological polar surface area (TPSA) is 55.4 Å². The molecule has 0 unspecified atom stereocenters. The second-order valence-corrected chi connectivity index (χ2v) is 8.05. The van der Waals surface area contributed by atoms with Gasteiger partial charge in [0.15, 0.2) is 0 Å². The summed E-state index contributed by atoms with van der Waals surface area (Å²) in [6, 6.07) is 15.9. The van der Waals surface area contributed by atoms with Crippen LogP contribution in [-0.2, 0) is 29.4 Å². The van der Waals surface area contributed by atoms with Gasteiger partial charge in [-0.3, -0.25) is 0 Å². The molecular formula is C19H23NO3S. The van der Waals surface area contributed by atoms with Crippen molar-refractivity contribution >= 4 is 10.0 Å². The minimum Gasteiger partial charge on any atom is -0.493 e. The third-order valence-corrected chi connectivity index (χ3v) is 5.60. The maximum atomic E-state index is 12.1. The van der Waals surface area contributed by atoms with Crippen molar-refractivity contribution in [3.63, 3.8) is 0 Å². The Morgan fingerprint density at radius 3 is 2.71 bits per heavy atom. The normalized spacial score (nSPS) is 14.0. The summed E-state index contributed by atoms with van der Waals surface area (Å²) in [5.74, 6) is 1.08. The average Bonchev–Trinajstić information content (AvgIpc) is 2.61. The third kappa shape index (κ3) is 4.82. The van der Waals surface area contributed by atoms with Crippen molar-refractivity contribution in [3.05, 3.63) is 65.2 Å². The fraction of sp³-hybridized carbons (Fsp3) is 0.368. The Balaban J connectivity index is 1.49. The fourth-order valence-electron chi connectivity index (χ4n) is 2.90. The van der Waals surface area contributed by atoms with Crippen LogP contribution < -0.4 is 9.46 Å². The van der Waals surface area contributed by atoms with Crippen molar-refractivity contribution in [2.75, 3.05) is 12.4 Å². The number of rotatable bonds is 7. The molecule has 128 valence electrons. The smallest absolute Gasteiger partial charge is 0.211 e. The molecule has 0 atom stereocenters. The molecule has 0 aliphatic carbocycles. The summed E-state index contributed by atoms with van der Waals surface area (Å²) in [6.07, 6.45) is 3.41. The molecule has 24 heavy (non-hydrogen) atoms. The number of hydrogen-bond donors (Lipinski definition) is 1. The zero-order chi connectivity index (χ0) is 16.8. The van der Waals surface area contributed by atoms with E-state index in [1.165, 1.54) is 11.1 Å². The van der Waals surface area contributed by atoms with E-state index in [1.54, 1.807) is 0 Å². The largest absolute Gasteiger partial charge is 0.493 e. The first-order chi connectivity index (χ1) is 11.6. The second-order valence-electron chi connectivity index (χ2n) is 6.12. The molecule has 1 heterocycles.